The molecular weight excluding hydrogens is 282 g/mol. The third kappa shape index (κ3) is 3.39. The van der Waals surface area contributed by atoms with Crippen LogP contribution in [-0.4, -0.2) is 15.0 Å². The van der Waals surface area contributed by atoms with Crippen molar-refractivity contribution in [3.63, 3.8) is 0 Å². The fraction of sp³-hybridized carbons (Fsp3) is 0.350. The molecule has 2 atom stereocenters. The molecule has 3 nitrogen and oxygen atoms in total. The van der Waals surface area contributed by atoms with Crippen molar-refractivity contribution in [1.82, 2.24) is 15.0 Å². The number of pyridine rings is 1. The molecule has 0 aliphatic rings. The average molecular weight is 305 g/mol. The Balaban J connectivity index is 1.91. The van der Waals surface area contributed by atoms with Crippen LogP contribution in [0.15, 0.2) is 48.8 Å². The van der Waals surface area contributed by atoms with E-state index in [-0.39, 0.29) is 0 Å². The molecule has 2 unspecified atom stereocenters. The molecule has 0 aliphatic heterocycles. The van der Waals surface area contributed by atoms with E-state index in [0.717, 1.165) is 35.3 Å². The monoisotopic (exact) mass is 305 g/mol. The normalized spacial score (nSPS) is 13.9. The Labute approximate surface area is 137 Å². The molecule has 0 spiro atoms. The maximum absolute atomic E-state index is 4.80. The molecule has 0 fully saturated rings. The van der Waals surface area contributed by atoms with Crippen molar-refractivity contribution in [2.24, 2.45) is 5.92 Å². The highest BCUT2D eigenvalue weighted by atomic mass is 14.9. The van der Waals surface area contributed by atoms with Gasteiger partial charge in [-0.3, -0.25) is 4.98 Å². The van der Waals surface area contributed by atoms with Crippen LogP contribution in [0.4, 0.5) is 0 Å². The van der Waals surface area contributed by atoms with Gasteiger partial charge in [0.2, 0.25) is 0 Å². The smallest absolute Gasteiger partial charge is 0.132 e. The van der Waals surface area contributed by atoms with E-state index >= 15 is 0 Å². The van der Waals surface area contributed by atoms with E-state index in [1.807, 2.05) is 12.3 Å². The van der Waals surface area contributed by atoms with Crippen LogP contribution in [0, 0.1) is 12.8 Å². The number of aryl methyl sites for hydroxylation is 1. The lowest BCUT2D eigenvalue weighted by molar-refractivity contribution is 0.427. The van der Waals surface area contributed by atoms with Crippen molar-refractivity contribution in [3.8, 4) is 0 Å². The number of benzene rings is 1. The summed E-state index contributed by atoms with van der Waals surface area (Å²) in [4.78, 5) is 13.8. The number of fused-ring (bicyclic) bond motifs is 1. The lowest BCUT2D eigenvalue weighted by Crippen LogP contribution is -2.15. The largest absolute Gasteiger partial charge is 0.262 e. The van der Waals surface area contributed by atoms with Crippen LogP contribution >= 0.6 is 0 Å². The molecule has 1 aromatic carbocycles. The molecule has 0 saturated carbocycles. The van der Waals surface area contributed by atoms with Crippen molar-refractivity contribution in [2.75, 3.05) is 0 Å². The highest BCUT2D eigenvalue weighted by Crippen LogP contribution is 2.29. The molecule has 0 amide bonds. The highest BCUT2D eigenvalue weighted by Gasteiger charge is 2.21. The van der Waals surface area contributed by atoms with Gasteiger partial charge in [-0.1, -0.05) is 44.2 Å². The van der Waals surface area contributed by atoms with Crippen LogP contribution in [0.25, 0.3) is 10.9 Å². The molecule has 0 aliphatic carbocycles. The molecule has 0 N–H and O–H groups in total. The van der Waals surface area contributed by atoms with E-state index in [1.165, 1.54) is 5.56 Å². The van der Waals surface area contributed by atoms with Gasteiger partial charge in [0.05, 0.1) is 11.7 Å². The summed E-state index contributed by atoms with van der Waals surface area (Å²) in [5, 5.41) is 1.09. The Morgan fingerprint density at radius 1 is 1.04 bits per heavy atom. The quantitative estimate of drug-likeness (QED) is 0.685. The second-order valence-electron chi connectivity index (χ2n) is 6.24. The summed E-state index contributed by atoms with van der Waals surface area (Å²) in [6, 6.07) is 12.6. The van der Waals surface area contributed by atoms with E-state index in [1.54, 1.807) is 6.20 Å². The van der Waals surface area contributed by atoms with Gasteiger partial charge >= 0.3 is 0 Å². The minimum atomic E-state index is 0.360. The van der Waals surface area contributed by atoms with Crippen LogP contribution in [0.3, 0.4) is 0 Å². The van der Waals surface area contributed by atoms with Crippen molar-refractivity contribution < 1.29 is 0 Å². The van der Waals surface area contributed by atoms with Crippen LogP contribution in [0.2, 0.25) is 0 Å². The Morgan fingerprint density at radius 3 is 2.57 bits per heavy atom. The predicted octanol–water partition coefficient (Wildman–Crippen LogP) is 4.71. The zero-order valence-electron chi connectivity index (χ0n) is 14.0. The Bertz CT molecular complexity index is 783. The topological polar surface area (TPSA) is 38.7 Å². The van der Waals surface area contributed by atoms with Gasteiger partial charge in [0, 0.05) is 23.2 Å². The van der Waals surface area contributed by atoms with Crippen molar-refractivity contribution in [2.45, 2.75) is 39.5 Å². The van der Waals surface area contributed by atoms with E-state index in [4.69, 9.17) is 9.97 Å². The van der Waals surface area contributed by atoms with Crippen LogP contribution in [0.1, 0.15) is 43.3 Å². The zero-order chi connectivity index (χ0) is 16.2. The summed E-state index contributed by atoms with van der Waals surface area (Å²) in [5.74, 6) is 1.81. The van der Waals surface area contributed by atoms with Gasteiger partial charge in [-0.2, -0.15) is 0 Å². The van der Waals surface area contributed by atoms with Gasteiger partial charge in [-0.05, 0) is 37.3 Å². The molecule has 3 aromatic rings. The van der Waals surface area contributed by atoms with Gasteiger partial charge in [-0.25, -0.2) is 9.97 Å². The first-order valence-electron chi connectivity index (χ1n) is 8.31. The summed E-state index contributed by atoms with van der Waals surface area (Å²) in [6.45, 7) is 6.58. The van der Waals surface area contributed by atoms with Crippen LogP contribution in [-0.2, 0) is 6.42 Å². The van der Waals surface area contributed by atoms with Gasteiger partial charge in [0.1, 0.15) is 5.82 Å². The summed E-state index contributed by atoms with van der Waals surface area (Å²) in [5.41, 5.74) is 3.36. The third-order valence-electron chi connectivity index (χ3n) is 4.57. The molecule has 2 heterocycles. The highest BCUT2D eigenvalue weighted by molar-refractivity contribution is 5.79. The summed E-state index contributed by atoms with van der Waals surface area (Å²) < 4.78 is 0. The fourth-order valence-electron chi connectivity index (χ4n) is 3.30. The molecule has 3 rings (SSSR count). The molecule has 118 valence electrons. The lowest BCUT2D eigenvalue weighted by atomic mass is 9.86. The van der Waals surface area contributed by atoms with E-state index < -0.39 is 0 Å². The Morgan fingerprint density at radius 2 is 1.83 bits per heavy atom. The minimum Gasteiger partial charge on any atom is -0.262 e. The Kier molecular flexibility index (Phi) is 4.65. The zero-order valence-corrected chi connectivity index (χ0v) is 14.0. The molecule has 0 saturated heterocycles. The van der Waals surface area contributed by atoms with Crippen molar-refractivity contribution >= 4 is 10.9 Å². The molecule has 23 heavy (non-hydrogen) atoms. The standard InChI is InChI=1S/C20H23N3/c1-4-17(14(2)12-16-8-6-5-7-9-16)20-22-15(3)18-10-11-21-13-19(18)23-20/h5-11,13-14,17H,4,12H2,1-3H3. The SMILES string of the molecule is CCC(c1nc(C)c2ccncc2n1)C(C)Cc1ccccc1. The second-order valence-corrected chi connectivity index (χ2v) is 6.24. The average Bonchev–Trinajstić information content (AvgIpc) is 2.56. The molecule has 2 aromatic heterocycles. The number of nitrogens with zero attached hydrogens (tertiary/aromatic N) is 3. The van der Waals surface area contributed by atoms with Gasteiger partial charge in [-0.15, -0.1) is 0 Å². The van der Waals surface area contributed by atoms with Crippen molar-refractivity contribution in [3.05, 3.63) is 65.9 Å². The van der Waals surface area contributed by atoms with Crippen molar-refractivity contribution in [1.29, 1.82) is 0 Å². The molecule has 0 bridgehead atoms. The number of hydrogen-bond acceptors (Lipinski definition) is 3. The summed E-state index contributed by atoms with van der Waals surface area (Å²) in [7, 11) is 0. The minimum absolute atomic E-state index is 0.360. The summed E-state index contributed by atoms with van der Waals surface area (Å²) in [6.07, 6.45) is 5.72. The fourth-order valence-corrected chi connectivity index (χ4v) is 3.30. The first-order chi connectivity index (χ1) is 11.2. The lowest BCUT2D eigenvalue weighted by Gasteiger charge is -2.22. The van der Waals surface area contributed by atoms with Gasteiger partial charge in [0.15, 0.2) is 0 Å². The van der Waals surface area contributed by atoms with Crippen LogP contribution in [0.5, 0.6) is 0 Å². The van der Waals surface area contributed by atoms with E-state index in [2.05, 4.69) is 56.1 Å². The number of rotatable bonds is 5. The predicted molar refractivity (Wildman–Crippen MR) is 94.4 cm³/mol. The Hall–Kier alpha value is -2.29. The van der Waals surface area contributed by atoms with Gasteiger partial charge < -0.3 is 0 Å². The molecular formula is C20H23N3. The third-order valence-corrected chi connectivity index (χ3v) is 4.57. The van der Waals surface area contributed by atoms with E-state index in [9.17, 15) is 0 Å². The number of hydrogen-bond donors (Lipinski definition) is 0. The first kappa shape index (κ1) is 15.6. The first-order valence-corrected chi connectivity index (χ1v) is 8.31. The number of aromatic nitrogens is 3. The molecule has 0 radical (unpaired) electrons. The van der Waals surface area contributed by atoms with Crippen LogP contribution < -0.4 is 0 Å². The molecule has 3 heteroatoms. The maximum atomic E-state index is 4.80. The van der Waals surface area contributed by atoms with E-state index in [0.29, 0.717) is 11.8 Å². The summed E-state index contributed by atoms with van der Waals surface area (Å²) >= 11 is 0. The maximum Gasteiger partial charge on any atom is 0.132 e. The van der Waals surface area contributed by atoms with Gasteiger partial charge in [0.25, 0.3) is 0 Å². The second kappa shape index (κ2) is 6.86.